The fourth-order valence-electron chi connectivity index (χ4n) is 8.78. The molecule has 2 aromatic carbocycles. The number of aliphatic hydroxyl groups is 2. The maximum Gasteiger partial charge on any atom is 0.352 e. The number of hydrogen-bond donors (Lipinski definition) is 3. The minimum absolute atomic E-state index is 0.134. The van der Waals surface area contributed by atoms with E-state index in [1.807, 2.05) is 42.5 Å². The van der Waals surface area contributed by atoms with Crippen molar-refractivity contribution in [3.63, 3.8) is 0 Å². The fourth-order valence-corrected chi connectivity index (χ4v) is 10.2. The lowest BCUT2D eigenvalue weighted by atomic mass is 9.78. The summed E-state index contributed by atoms with van der Waals surface area (Å²) in [5, 5.41) is 34.5. The zero-order valence-corrected chi connectivity index (χ0v) is 28.3. The van der Waals surface area contributed by atoms with Crippen LogP contribution in [0.25, 0.3) is 0 Å². The summed E-state index contributed by atoms with van der Waals surface area (Å²) in [4.78, 5) is 26.8. The molecule has 0 aromatic heterocycles. The zero-order valence-electron chi connectivity index (χ0n) is 27.5. The van der Waals surface area contributed by atoms with Crippen molar-refractivity contribution < 1.29 is 42.3 Å². The number of hydrazone groups is 1. The monoisotopic (exact) mass is 679 g/mol. The molecule has 4 atom stereocenters. The van der Waals surface area contributed by atoms with Crippen LogP contribution in [0.15, 0.2) is 69.8 Å². The van der Waals surface area contributed by atoms with Gasteiger partial charge in [0.25, 0.3) is 10.0 Å². The van der Waals surface area contributed by atoms with Crippen molar-refractivity contribution in [2.45, 2.75) is 43.7 Å². The van der Waals surface area contributed by atoms with Gasteiger partial charge in [-0.25, -0.2) is 4.79 Å². The van der Waals surface area contributed by atoms with Crippen LogP contribution in [0.3, 0.4) is 0 Å². The Kier molecular flexibility index (Phi) is 8.27. The Hall–Kier alpha value is -3.62. The first-order chi connectivity index (χ1) is 22.9. The predicted molar refractivity (Wildman–Crippen MR) is 177 cm³/mol. The van der Waals surface area contributed by atoms with Crippen molar-refractivity contribution in [1.29, 1.82) is 0 Å². The summed E-state index contributed by atoms with van der Waals surface area (Å²) in [7, 11) is -4.20. The van der Waals surface area contributed by atoms with E-state index in [1.165, 1.54) is 11.8 Å². The summed E-state index contributed by atoms with van der Waals surface area (Å²) in [5.74, 6) is -3.02. The van der Waals surface area contributed by atoms with Crippen molar-refractivity contribution in [2.24, 2.45) is 16.9 Å². The number of hydrogen-bond acceptors (Lipinski definition) is 7. The zero-order chi connectivity index (χ0) is 34.0. The molecule has 2 bridgehead atoms. The number of benzene rings is 2. The average molecular weight is 680 g/mol. The molecule has 3 N–H and O–H groups in total. The Balaban J connectivity index is 1.20. The smallest absolute Gasteiger partial charge is 0.352 e. The van der Waals surface area contributed by atoms with Gasteiger partial charge in [0, 0.05) is 36.5 Å². The molecule has 256 valence electrons. The van der Waals surface area contributed by atoms with Gasteiger partial charge < -0.3 is 29.2 Å². The van der Waals surface area contributed by atoms with Crippen LogP contribution in [0.5, 0.6) is 0 Å². The molecule has 2 aromatic rings. The molecular formula is C35H45N5O7S+2. The first-order valence-electron chi connectivity index (χ1n) is 17.0. The van der Waals surface area contributed by atoms with E-state index < -0.39 is 45.9 Å². The SMILES string of the molecule is C[C@@H](O)[C@H]1C(=O)N2C(C(=O)O)=C(CN3N=C(c4ccccc4)c4ccc(CC[N+]56CC[N+](CCCO)(CC5)CC6)cc4S3(=O)=O)[C@H](C)[C@H]12. The molecule has 1 amide bonds. The first-order valence-corrected chi connectivity index (χ1v) is 18.4. The van der Waals surface area contributed by atoms with Crippen molar-refractivity contribution in [3.8, 4) is 0 Å². The molecule has 6 aliphatic heterocycles. The van der Waals surface area contributed by atoms with Gasteiger partial charge >= 0.3 is 5.97 Å². The quantitative estimate of drug-likeness (QED) is 0.239. The standard InChI is InChI=1S/C35H44N5O7S/c1-23-28(33(35(44)45)38-32(23)30(24(2)42)34(38)43)22-37-36-31(26-7-4-3-5-8-26)27-10-9-25(21-29(27)48(37,46)47)11-13-40-17-14-39(15-18-40,16-19-40)12-6-20-41/h3-5,7-10,21,23-24,30,32,41-42H,6,11-20,22H2,1-2H3/q+1/p+1/t23-,24+,30+,32+,39?,40?/m0/s1. The minimum atomic E-state index is -4.20. The Morgan fingerprint density at radius 2 is 1.67 bits per heavy atom. The van der Waals surface area contributed by atoms with Gasteiger partial charge in [0.2, 0.25) is 5.91 Å². The number of sulfonamides is 1. The Bertz CT molecular complexity index is 1780. The number of carbonyl (C=O) groups excluding carboxylic acids is 1. The number of aliphatic carboxylic acids is 1. The lowest BCUT2D eigenvalue weighted by Gasteiger charge is -2.55. The van der Waals surface area contributed by atoms with Crippen molar-refractivity contribution in [3.05, 3.63) is 76.5 Å². The largest absolute Gasteiger partial charge is 0.477 e. The predicted octanol–water partition coefficient (Wildman–Crippen LogP) is 1.23. The molecule has 12 nitrogen and oxygen atoms in total. The topological polar surface area (TPSA) is 148 Å². The molecular weight excluding hydrogens is 634 g/mol. The molecule has 48 heavy (non-hydrogen) atoms. The van der Waals surface area contributed by atoms with Gasteiger partial charge in [-0.15, -0.1) is 0 Å². The van der Waals surface area contributed by atoms with E-state index in [-0.39, 0.29) is 23.7 Å². The molecule has 0 radical (unpaired) electrons. The number of β-lactam (4-membered cyclic amide) rings is 1. The summed E-state index contributed by atoms with van der Waals surface area (Å²) in [6.07, 6.45) is 0.597. The van der Waals surface area contributed by atoms with Crippen LogP contribution >= 0.6 is 0 Å². The normalized spacial score (nSPS) is 30.9. The number of carbonyl (C=O) groups is 2. The van der Waals surface area contributed by atoms with Gasteiger partial charge in [-0.1, -0.05) is 49.4 Å². The number of piperazine rings is 3. The van der Waals surface area contributed by atoms with Gasteiger partial charge in [-0.3, -0.25) is 4.79 Å². The third-order valence-electron chi connectivity index (χ3n) is 11.8. The van der Waals surface area contributed by atoms with E-state index >= 15 is 0 Å². The summed E-state index contributed by atoms with van der Waals surface area (Å²) >= 11 is 0. The molecule has 6 heterocycles. The molecule has 0 unspecified atom stereocenters. The van der Waals surface area contributed by atoms with Crippen LogP contribution in [0.1, 0.15) is 37.0 Å². The molecule has 0 saturated carbocycles. The van der Waals surface area contributed by atoms with E-state index in [2.05, 4.69) is 5.10 Å². The number of quaternary nitrogens is 2. The second-order valence-corrected chi connectivity index (χ2v) is 16.2. The van der Waals surface area contributed by atoms with Crippen LogP contribution in [0.2, 0.25) is 0 Å². The number of fused-ring (bicyclic) bond motifs is 5. The number of carboxylic acid groups (broad SMARTS) is 1. The molecule has 8 rings (SSSR count). The minimum Gasteiger partial charge on any atom is -0.477 e. The molecule has 4 fully saturated rings. The number of carboxylic acids is 1. The maximum atomic E-state index is 14.4. The van der Waals surface area contributed by atoms with Crippen LogP contribution in [-0.2, 0) is 26.0 Å². The van der Waals surface area contributed by atoms with Crippen LogP contribution < -0.4 is 0 Å². The first kappa shape index (κ1) is 32.9. The van der Waals surface area contributed by atoms with Gasteiger partial charge in [-0.2, -0.15) is 17.9 Å². The highest BCUT2D eigenvalue weighted by molar-refractivity contribution is 7.89. The average Bonchev–Trinajstić information content (AvgIpc) is 3.32. The lowest BCUT2D eigenvalue weighted by molar-refractivity contribution is -1.08. The number of nitrogens with zero attached hydrogens (tertiary/aromatic N) is 5. The highest BCUT2D eigenvalue weighted by Crippen LogP contribution is 2.48. The summed E-state index contributed by atoms with van der Waals surface area (Å²) in [5.41, 5.74) is 2.69. The van der Waals surface area contributed by atoms with E-state index in [9.17, 15) is 33.3 Å². The van der Waals surface area contributed by atoms with Gasteiger partial charge in [0.15, 0.2) is 0 Å². The van der Waals surface area contributed by atoms with E-state index in [0.29, 0.717) is 16.8 Å². The van der Waals surface area contributed by atoms with E-state index in [0.717, 1.165) is 89.7 Å². The molecule has 13 heteroatoms. The molecule has 6 aliphatic rings. The van der Waals surface area contributed by atoms with Gasteiger partial charge in [-0.05, 0) is 24.1 Å². The number of amides is 1. The van der Waals surface area contributed by atoms with Crippen LogP contribution in [-0.4, -0.2) is 137 Å². The summed E-state index contributed by atoms with van der Waals surface area (Å²) in [6, 6.07) is 14.4. The Labute approximate surface area is 281 Å². The van der Waals surface area contributed by atoms with Crippen molar-refractivity contribution in [1.82, 2.24) is 9.31 Å². The summed E-state index contributed by atoms with van der Waals surface area (Å²) in [6.45, 7) is 11.7. The van der Waals surface area contributed by atoms with Crippen LogP contribution in [0, 0.1) is 11.8 Å². The third kappa shape index (κ3) is 5.27. The second-order valence-electron chi connectivity index (χ2n) is 14.4. The van der Waals surface area contributed by atoms with Crippen molar-refractivity contribution >= 4 is 27.6 Å². The number of rotatable bonds is 11. The highest BCUT2D eigenvalue weighted by Gasteiger charge is 2.60. The van der Waals surface area contributed by atoms with Gasteiger partial charge in [0.05, 0.1) is 42.6 Å². The highest BCUT2D eigenvalue weighted by atomic mass is 32.2. The molecule has 0 spiro atoms. The lowest BCUT2D eigenvalue weighted by Crippen LogP contribution is -2.75. The van der Waals surface area contributed by atoms with E-state index in [4.69, 9.17) is 0 Å². The molecule has 0 aliphatic carbocycles. The van der Waals surface area contributed by atoms with Crippen molar-refractivity contribution in [2.75, 3.05) is 65.5 Å². The van der Waals surface area contributed by atoms with E-state index in [1.54, 1.807) is 13.0 Å². The maximum absolute atomic E-state index is 14.4. The third-order valence-corrected chi connectivity index (χ3v) is 13.4. The van der Waals surface area contributed by atoms with Crippen LogP contribution in [0.4, 0.5) is 0 Å². The Morgan fingerprint density at radius 3 is 2.27 bits per heavy atom. The molecule has 4 saturated heterocycles. The fraction of sp³-hybridized carbons (Fsp3) is 0.514. The number of aliphatic hydroxyl groups excluding tert-OH is 2. The second kappa shape index (κ2) is 12.1. The summed E-state index contributed by atoms with van der Waals surface area (Å²) < 4.78 is 31.9. The van der Waals surface area contributed by atoms with Gasteiger partial charge in [0.1, 0.15) is 50.7 Å². The Morgan fingerprint density at radius 1 is 1.02 bits per heavy atom.